The summed E-state index contributed by atoms with van der Waals surface area (Å²) in [4.78, 5) is 0. The summed E-state index contributed by atoms with van der Waals surface area (Å²) in [5, 5.41) is 12.4. The van der Waals surface area contributed by atoms with Gasteiger partial charge in [0.25, 0.3) is 0 Å². The van der Waals surface area contributed by atoms with E-state index in [1.807, 2.05) is 0 Å². The predicted octanol–water partition coefficient (Wildman–Crippen LogP) is 3.57. The second-order valence-electron chi connectivity index (χ2n) is 4.77. The molecule has 1 atom stereocenters. The van der Waals surface area contributed by atoms with E-state index in [4.69, 9.17) is 5.26 Å². The number of hydrogen-bond donors (Lipinski definition) is 1. The lowest BCUT2D eigenvalue weighted by molar-refractivity contribution is 0.608. The van der Waals surface area contributed by atoms with E-state index < -0.39 is 0 Å². The van der Waals surface area contributed by atoms with E-state index in [0.29, 0.717) is 5.92 Å². The maximum atomic E-state index is 9.08. The van der Waals surface area contributed by atoms with Crippen LogP contribution in [-0.2, 0) is 0 Å². The molecule has 0 heterocycles. The Morgan fingerprint density at radius 2 is 1.62 bits per heavy atom. The second kappa shape index (κ2) is 5.03. The molecule has 0 bridgehead atoms. The first-order valence-electron chi connectivity index (χ1n) is 5.69. The number of benzene rings is 1. The number of hydrogen-bond acceptors (Lipinski definition) is 2. The van der Waals surface area contributed by atoms with E-state index >= 15 is 0 Å². The summed E-state index contributed by atoms with van der Waals surface area (Å²) >= 11 is 0. The van der Waals surface area contributed by atoms with Crippen LogP contribution in [0.2, 0.25) is 0 Å². The van der Waals surface area contributed by atoms with Gasteiger partial charge in [-0.3, -0.25) is 0 Å². The molecule has 1 aromatic carbocycles. The molecule has 86 valence electrons. The van der Waals surface area contributed by atoms with Gasteiger partial charge in [0, 0.05) is 5.69 Å². The van der Waals surface area contributed by atoms with Gasteiger partial charge in [0.15, 0.2) is 0 Å². The van der Waals surface area contributed by atoms with Crippen LogP contribution in [0.4, 0.5) is 5.69 Å². The number of nitrogens with zero attached hydrogens (tertiary/aromatic N) is 1. The lowest BCUT2D eigenvalue weighted by Gasteiger charge is -2.20. The van der Waals surface area contributed by atoms with Crippen LogP contribution in [0.1, 0.15) is 30.5 Å². The molecule has 0 saturated carbocycles. The van der Waals surface area contributed by atoms with Crippen LogP contribution in [0.5, 0.6) is 0 Å². The molecule has 16 heavy (non-hydrogen) atoms. The van der Waals surface area contributed by atoms with Crippen LogP contribution in [0.3, 0.4) is 0 Å². The molecule has 0 fully saturated rings. The first-order chi connectivity index (χ1) is 7.45. The van der Waals surface area contributed by atoms with E-state index in [0.717, 1.165) is 5.69 Å². The van der Waals surface area contributed by atoms with Crippen LogP contribution in [0.25, 0.3) is 0 Å². The summed E-state index contributed by atoms with van der Waals surface area (Å²) in [5.41, 5.74) is 4.78. The Hall–Kier alpha value is -1.49. The molecule has 1 rings (SSSR count). The zero-order valence-corrected chi connectivity index (χ0v) is 10.8. The highest BCUT2D eigenvalue weighted by Gasteiger charge is 2.14. The van der Waals surface area contributed by atoms with E-state index in [1.165, 1.54) is 16.7 Å². The lowest BCUT2D eigenvalue weighted by atomic mass is 10.0. The minimum atomic E-state index is -0.125. The molecule has 2 heteroatoms. The maximum absolute atomic E-state index is 9.08. The van der Waals surface area contributed by atoms with Gasteiger partial charge in [0.05, 0.1) is 6.07 Å². The Morgan fingerprint density at radius 1 is 1.12 bits per heavy atom. The van der Waals surface area contributed by atoms with E-state index in [9.17, 15) is 0 Å². The average Bonchev–Trinajstić information content (AvgIpc) is 2.15. The van der Waals surface area contributed by atoms with Crippen LogP contribution in [-0.4, -0.2) is 6.04 Å². The third kappa shape index (κ3) is 2.76. The molecule has 0 saturated heterocycles. The highest BCUT2D eigenvalue weighted by molar-refractivity contribution is 5.59. The predicted molar refractivity (Wildman–Crippen MR) is 68.5 cm³/mol. The molecule has 2 nitrogen and oxygen atoms in total. The molecular formula is C14H20N2. The van der Waals surface area contributed by atoms with Crippen molar-refractivity contribution in [1.82, 2.24) is 0 Å². The van der Waals surface area contributed by atoms with Gasteiger partial charge in [-0.1, -0.05) is 31.5 Å². The quantitative estimate of drug-likeness (QED) is 0.838. The molecule has 0 aliphatic carbocycles. The van der Waals surface area contributed by atoms with Crippen LogP contribution in [0.15, 0.2) is 12.1 Å². The fraction of sp³-hybridized carbons (Fsp3) is 0.500. The zero-order valence-electron chi connectivity index (χ0n) is 10.8. The topological polar surface area (TPSA) is 35.8 Å². The van der Waals surface area contributed by atoms with Crippen LogP contribution in [0, 0.1) is 38.0 Å². The average molecular weight is 216 g/mol. The Balaban J connectivity index is 3.02. The van der Waals surface area contributed by atoms with Gasteiger partial charge in [0.2, 0.25) is 0 Å². The normalized spacial score (nSPS) is 12.3. The van der Waals surface area contributed by atoms with Gasteiger partial charge < -0.3 is 5.32 Å². The van der Waals surface area contributed by atoms with Crippen molar-refractivity contribution in [1.29, 1.82) is 5.26 Å². The third-order valence-corrected chi connectivity index (χ3v) is 2.78. The molecule has 0 amide bonds. The van der Waals surface area contributed by atoms with Crippen LogP contribution >= 0.6 is 0 Å². The molecule has 1 unspecified atom stereocenters. The fourth-order valence-corrected chi connectivity index (χ4v) is 1.91. The van der Waals surface area contributed by atoms with Crippen molar-refractivity contribution in [2.45, 2.75) is 40.7 Å². The van der Waals surface area contributed by atoms with Gasteiger partial charge in [-0.2, -0.15) is 5.26 Å². The highest BCUT2D eigenvalue weighted by Crippen LogP contribution is 2.23. The molecule has 0 aliphatic rings. The Labute approximate surface area is 98.3 Å². The molecule has 0 radical (unpaired) electrons. The molecule has 1 N–H and O–H groups in total. The van der Waals surface area contributed by atoms with Crippen molar-refractivity contribution in [2.24, 2.45) is 5.92 Å². The summed E-state index contributed by atoms with van der Waals surface area (Å²) in [7, 11) is 0. The van der Waals surface area contributed by atoms with Crippen molar-refractivity contribution in [3.05, 3.63) is 28.8 Å². The van der Waals surface area contributed by atoms with Crippen molar-refractivity contribution < 1.29 is 0 Å². The number of rotatable bonds is 3. The first kappa shape index (κ1) is 12.6. The Bertz CT molecular complexity index is 390. The van der Waals surface area contributed by atoms with E-state index in [1.54, 1.807) is 0 Å². The standard InChI is InChI=1S/C14H20N2/c1-9(2)13(8-15)16-14-11(4)6-10(3)7-12(14)5/h6-7,9,13,16H,1-5H3. The van der Waals surface area contributed by atoms with Crippen molar-refractivity contribution in [2.75, 3.05) is 5.32 Å². The molecular weight excluding hydrogens is 196 g/mol. The van der Waals surface area contributed by atoms with E-state index in [-0.39, 0.29) is 6.04 Å². The summed E-state index contributed by atoms with van der Waals surface area (Å²) in [6, 6.07) is 6.47. The van der Waals surface area contributed by atoms with Crippen molar-refractivity contribution >= 4 is 5.69 Å². The molecule has 1 aromatic rings. The first-order valence-corrected chi connectivity index (χ1v) is 5.69. The molecule has 0 aromatic heterocycles. The second-order valence-corrected chi connectivity index (χ2v) is 4.77. The lowest BCUT2D eigenvalue weighted by Crippen LogP contribution is -2.24. The number of anilines is 1. The summed E-state index contributed by atoms with van der Waals surface area (Å²) < 4.78 is 0. The summed E-state index contributed by atoms with van der Waals surface area (Å²) in [6.45, 7) is 10.4. The molecule has 0 spiro atoms. The SMILES string of the molecule is Cc1cc(C)c(NC(C#N)C(C)C)c(C)c1. The van der Waals surface area contributed by atoms with Gasteiger partial charge in [-0.15, -0.1) is 0 Å². The summed E-state index contributed by atoms with van der Waals surface area (Å²) in [5.74, 6) is 0.310. The Morgan fingerprint density at radius 3 is 2.00 bits per heavy atom. The smallest absolute Gasteiger partial charge is 0.116 e. The maximum Gasteiger partial charge on any atom is 0.116 e. The molecule has 0 aliphatic heterocycles. The van der Waals surface area contributed by atoms with Gasteiger partial charge in [-0.25, -0.2) is 0 Å². The van der Waals surface area contributed by atoms with E-state index in [2.05, 4.69) is 58.1 Å². The van der Waals surface area contributed by atoms with Crippen molar-refractivity contribution in [3.8, 4) is 6.07 Å². The van der Waals surface area contributed by atoms with Crippen LogP contribution < -0.4 is 5.32 Å². The van der Waals surface area contributed by atoms with Crippen molar-refractivity contribution in [3.63, 3.8) is 0 Å². The minimum Gasteiger partial charge on any atom is -0.369 e. The zero-order chi connectivity index (χ0) is 12.3. The summed E-state index contributed by atoms with van der Waals surface area (Å²) in [6.07, 6.45) is 0. The van der Waals surface area contributed by atoms with Gasteiger partial charge >= 0.3 is 0 Å². The fourth-order valence-electron chi connectivity index (χ4n) is 1.91. The Kier molecular flexibility index (Phi) is 3.95. The number of nitriles is 1. The monoisotopic (exact) mass is 216 g/mol. The number of nitrogens with one attached hydrogen (secondary N) is 1. The third-order valence-electron chi connectivity index (χ3n) is 2.78. The highest BCUT2D eigenvalue weighted by atomic mass is 14.9. The van der Waals surface area contributed by atoms with Gasteiger partial charge in [0.1, 0.15) is 6.04 Å². The minimum absolute atomic E-state index is 0.125. The largest absolute Gasteiger partial charge is 0.369 e. The van der Waals surface area contributed by atoms with Gasteiger partial charge in [-0.05, 0) is 37.8 Å². The number of aryl methyl sites for hydroxylation is 3.